The lowest BCUT2D eigenvalue weighted by molar-refractivity contribution is -0.131. The van der Waals surface area contributed by atoms with E-state index in [-0.39, 0.29) is 11.9 Å². The van der Waals surface area contributed by atoms with E-state index in [4.69, 9.17) is 9.47 Å². The molecule has 1 N–H and O–H groups in total. The Labute approximate surface area is 156 Å². The van der Waals surface area contributed by atoms with Gasteiger partial charge in [0.05, 0.1) is 12.5 Å². The second-order valence-electron chi connectivity index (χ2n) is 8.52. The highest BCUT2D eigenvalue weighted by molar-refractivity contribution is 5.88. The summed E-state index contributed by atoms with van der Waals surface area (Å²) in [7, 11) is 1.67. The zero-order valence-corrected chi connectivity index (χ0v) is 16.0. The molecule has 142 valence electrons. The summed E-state index contributed by atoms with van der Waals surface area (Å²) in [6.45, 7) is 3.49. The van der Waals surface area contributed by atoms with E-state index in [0.717, 1.165) is 36.0 Å². The second-order valence-corrected chi connectivity index (χ2v) is 8.52. The average molecular weight is 357 g/mol. The fraction of sp³-hybridized carbons (Fsp3) is 0.682. The number of ether oxygens (including phenoxy) is 2. The van der Waals surface area contributed by atoms with Crippen LogP contribution in [0.15, 0.2) is 24.3 Å². The molecular formula is C22H31NO3. The first-order valence-corrected chi connectivity index (χ1v) is 10.2. The second kappa shape index (κ2) is 7.22. The standard InChI is InChI=1S/C22H31NO3/c1-15(20-14-16-3-4-17(20)13-16)23-21(24)22(9-11-26-12-10-22)18-5-7-19(25-2)8-6-18/h5-8,15-17,20H,3-4,9-14H2,1-2H3,(H,23,24)/t15-,16-,17-,20-/m0/s1. The van der Waals surface area contributed by atoms with E-state index in [0.29, 0.717) is 19.1 Å². The summed E-state index contributed by atoms with van der Waals surface area (Å²) in [4.78, 5) is 13.5. The van der Waals surface area contributed by atoms with Gasteiger partial charge in [0.15, 0.2) is 0 Å². The molecule has 1 amide bonds. The van der Waals surface area contributed by atoms with Gasteiger partial charge in [-0.3, -0.25) is 4.79 Å². The Bertz CT molecular complexity index is 635. The average Bonchev–Trinajstić information content (AvgIpc) is 3.32. The van der Waals surface area contributed by atoms with Gasteiger partial charge in [-0.15, -0.1) is 0 Å². The summed E-state index contributed by atoms with van der Waals surface area (Å²) in [5, 5.41) is 3.42. The normalized spacial score (nSPS) is 30.8. The SMILES string of the molecule is COc1ccc(C2(C(=O)N[C@@H](C)[C@@H]3C[C@H]4CC[C@H]3C4)CCOCC2)cc1. The van der Waals surface area contributed by atoms with Crippen molar-refractivity contribution < 1.29 is 14.3 Å². The summed E-state index contributed by atoms with van der Waals surface area (Å²) in [5.41, 5.74) is 0.607. The summed E-state index contributed by atoms with van der Waals surface area (Å²) >= 11 is 0. The molecule has 4 rings (SSSR count). The zero-order chi connectivity index (χ0) is 18.1. The molecule has 4 nitrogen and oxygen atoms in total. The van der Waals surface area contributed by atoms with Crippen molar-refractivity contribution in [3.63, 3.8) is 0 Å². The molecule has 4 atom stereocenters. The van der Waals surface area contributed by atoms with Crippen LogP contribution in [0.3, 0.4) is 0 Å². The van der Waals surface area contributed by atoms with Crippen LogP contribution in [0, 0.1) is 17.8 Å². The number of rotatable bonds is 5. The van der Waals surface area contributed by atoms with Gasteiger partial charge in [-0.1, -0.05) is 18.6 Å². The maximum Gasteiger partial charge on any atom is 0.231 e. The van der Waals surface area contributed by atoms with E-state index >= 15 is 0 Å². The Morgan fingerprint density at radius 3 is 2.50 bits per heavy atom. The number of fused-ring (bicyclic) bond motifs is 2. The van der Waals surface area contributed by atoms with Crippen LogP contribution in [0.2, 0.25) is 0 Å². The first-order chi connectivity index (χ1) is 12.6. The van der Waals surface area contributed by atoms with Crippen LogP contribution in [0.1, 0.15) is 51.0 Å². The Morgan fingerprint density at radius 2 is 1.92 bits per heavy atom. The molecule has 2 aliphatic carbocycles. The maximum absolute atomic E-state index is 13.5. The molecule has 1 aliphatic heterocycles. The molecule has 1 aromatic carbocycles. The quantitative estimate of drug-likeness (QED) is 0.874. The molecule has 0 spiro atoms. The Balaban J connectivity index is 1.52. The topological polar surface area (TPSA) is 47.6 Å². The summed E-state index contributed by atoms with van der Waals surface area (Å²) < 4.78 is 10.9. The Hall–Kier alpha value is -1.55. The molecule has 1 aromatic rings. The van der Waals surface area contributed by atoms with Crippen molar-refractivity contribution in [3.05, 3.63) is 29.8 Å². The molecule has 4 heteroatoms. The molecule has 2 saturated carbocycles. The lowest BCUT2D eigenvalue weighted by Gasteiger charge is -2.38. The first-order valence-electron chi connectivity index (χ1n) is 10.2. The van der Waals surface area contributed by atoms with E-state index in [9.17, 15) is 4.79 Å². The first kappa shape index (κ1) is 17.8. The van der Waals surface area contributed by atoms with E-state index in [2.05, 4.69) is 12.2 Å². The fourth-order valence-electron chi connectivity index (χ4n) is 5.64. The highest BCUT2D eigenvalue weighted by atomic mass is 16.5. The summed E-state index contributed by atoms with van der Waals surface area (Å²) in [6, 6.07) is 8.27. The van der Waals surface area contributed by atoms with Gasteiger partial charge >= 0.3 is 0 Å². The van der Waals surface area contributed by atoms with Gasteiger partial charge in [-0.05, 0) is 74.5 Å². The predicted molar refractivity (Wildman–Crippen MR) is 101 cm³/mol. The zero-order valence-electron chi connectivity index (χ0n) is 16.0. The number of nitrogens with one attached hydrogen (secondary N) is 1. The van der Waals surface area contributed by atoms with E-state index in [1.54, 1.807) is 7.11 Å². The molecular weight excluding hydrogens is 326 g/mol. The van der Waals surface area contributed by atoms with Crippen molar-refractivity contribution >= 4 is 5.91 Å². The van der Waals surface area contributed by atoms with Crippen molar-refractivity contribution in [3.8, 4) is 5.75 Å². The molecule has 1 saturated heterocycles. The number of carbonyl (C=O) groups excluding carboxylic acids is 1. The van der Waals surface area contributed by atoms with Crippen molar-refractivity contribution in [1.82, 2.24) is 5.32 Å². The van der Waals surface area contributed by atoms with Crippen molar-refractivity contribution in [2.45, 2.75) is 56.9 Å². The number of carbonyl (C=O) groups is 1. The highest BCUT2D eigenvalue weighted by Crippen LogP contribution is 2.49. The molecule has 3 aliphatic rings. The molecule has 3 fully saturated rings. The molecule has 0 aromatic heterocycles. The van der Waals surface area contributed by atoms with Gasteiger partial charge in [-0.25, -0.2) is 0 Å². The van der Waals surface area contributed by atoms with Crippen LogP contribution in [-0.4, -0.2) is 32.3 Å². The molecule has 2 bridgehead atoms. The third kappa shape index (κ3) is 3.13. The van der Waals surface area contributed by atoms with Crippen LogP contribution in [-0.2, 0) is 14.9 Å². The fourth-order valence-corrected chi connectivity index (χ4v) is 5.64. The number of benzene rings is 1. The van der Waals surface area contributed by atoms with E-state index in [1.807, 2.05) is 24.3 Å². The lowest BCUT2D eigenvalue weighted by Crippen LogP contribution is -2.52. The molecule has 26 heavy (non-hydrogen) atoms. The van der Waals surface area contributed by atoms with Crippen molar-refractivity contribution in [2.75, 3.05) is 20.3 Å². The van der Waals surface area contributed by atoms with E-state index in [1.165, 1.54) is 25.7 Å². The highest BCUT2D eigenvalue weighted by Gasteiger charge is 2.45. The predicted octanol–water partition coefficient (Wildman–Crippen LogP) is 3.68. The van der Waals surface area contributed by atoms with Gasteiger partial charge < -0.3 is 14.8 Å². The maximum atomic E-state index is 13.5. The van der Waals surface area contributed by atoms with Crippen LogP contribution in [0.5, 0.6) is 5.75 Å². The largest absolute Gasteiger partial charge is 0.497 e. The van der Waals surface area contributed by atoms with Gasteiger partial charge in [0.2, 0.25) is 5.91 Å². The molecule has 0 radical (unpaired) electrons. The summed E-state index contributed by atoms with van der Waals surface area (Å²) in [6.07, 6.45) is 6.91. The van der Waals surface area contributed by atoms with E-state index < -0.39 is 5.41 Å². The minimum absolute atomic E-state index is 0.182. The van der Waals surface area contributed by atoms with Gasteiger partial charge in [0.25, 0.3) is 0 Å². The van der Waals surface area contributed by atoms with Crippen LogP contribution >= 0.6 is 0 Å². The van der Waals surface area contributed by atoms with Gasteiger partial charge in [-0.2, -0.15) is 0 Å². The van der Waals surface area contributed by atoms with Crippen LogP contribution in [0.25, 0.3) is 0 Å². The molecule has 0 unspecified atom stereocenters. The van der Waals surface area contributed by atoms with Gasteiger partial charge in [0, 0.05) is 19.3 Å². The number of methoxy groups -OCH3 is 1. The Kier molecular flexibility index (Phi) is 4.96. The van der Waals surface area contributed by atoms with Crippen LogP contribution < -0.4 is 10.1 Å². The number of hydrogen-bond donors (Lipinski definition) is 1. The van der Waals surface area contributed by atoms with Gasteiger partial charge in [0.1, 0.15) is 5.75 Å². The monoisotopic (exact) mass is 357 g/mol. The van der Waals surface area contributed by atoms with Crippen molar-refractivity contribution in [1.29, 1.82) is 0 Å². The smallest absolute Gasteiger partial charge is 0.231 e. The summed E-state index contributed by atoms with van der Waals surface area (Å²) in [5.74, 6) is 3.39. The lowest BCUT2D eigenvalue weighted by atomic mass is 9.73. The third-order valence-electron chi connectivity index (χ3n) is 7.22. The minimum atomic E-state index is -0.476. The van der Waals surface area contributed by atoms with Crippen molar-refractivity contribution in [2.24, 2.45) is 17.8 Å². The minimum Gasteiger partial charge on any atom is -0.497 e. The van der Waals surface area contributed by atoms with Crippen LogP contribution in [0.4, 0.5) is 0 Å². The number of amides is 1. The Morgan fingerprint density at radius 1 is 1.19 bits per heavy atom. The number of hydrogen-bond acceptors (Lipinski definition) is 3. The molecule has 1 heterocycles. The third-order valence-corrected chi connectivity index (χ3v) is 7.22.